The highest BCUT2D eigenvalue weighted by molar-refractivity contribution is 5.95. The van der Waals surface area contributed by atoms with Gasteiger partial charge in [-0.1, -0.05) is 18.9 Å². The Morgan fingerprint density at radius 2 is 2.07 bits per heavy atom. The molecule has 1 saturated heterocycles. The Kier molecular flexibility index (Phi) is 5.89. The van der Waals surface area contributed by atoms with Crippen LogP contribution in [0.25, 0.3) is 0 Å². The number of halogens is 3. The van der Waals surface area contributed by atoms with Gasteiger partial charge in [0.05, 0.1) is 30.6 Å². The minimum absolute atomic E-state index is 0.00235. The fourth-order valence-electron chi connectivity index (χ4n) is 4.02. The molecule has 1 aliphatic heterocycles. The number of carbonyl (C=O) groups is 2. The van der Waals surface area contributed by atoms with Crippen molar-refractivity contribution < 1.29 is 22.8 Å². The molecule has 0 spiro atoms. The zero-order chi connectivity index (χ0) is 20.3. The number of nitrogens with one attached hydrogen (secondary N) is 2. The summed E-state index contributed by atoms with van der Waals surface area (Å²) >= 11 is 0. The fourth-order valence-corrected chi connectivity index (χ4v) is 4.02. The van der Waals surface area contributed by atoms with Gasteiger partial charge in [0, 0.05) is 17.8 Å². The normalized spacial score (nSPS) is 25.4. The molecule has 2 N–H and O–H groups in total. The minimum atomic E-state index is -4.51. The van der Waals surface area contributed by atoms with Gasteiger partial charge in [-0.3, -0.25) is 14.5 Å². The van der Waals surface area contributed by atoms with Gasteiger partial charge in [-0.25, -0.2) is 0 Å². The first-order valence-corrected chi connectivity index (χ1v) is 9.20. The predicted molar refractivity (Wildman–Crippen MR) is 95.0 cm³/mol. The summed E-state index contributed by atoms with van der Waals surface area (Å²) in [5, 5.41) is 14.5. The maximum Gasteiger partial charge on any atom is 0.416 e. The highest BCUT2D eigenvalue weighted by Crippen LogP contribution is 2.31. The molecule has 9 heteroatoms. The number of nitriles is 1. The quantitative estimate of drug-likeness (QED) is 0.769. The van der Waals surface area contributed by atoms with Crippen LogP contribution in [-0.2, 0) is 15.8 Å². The summed E-state index contributed by atoms with van der Waals surface area (Å²) in [6.07, 6.45) is -1.08. The van der Waals surface area contributed by atoms with Crippen LogP contribution in [0.2, 0.25) is 0 Å². The van der Waals surface area contributed by atoms with Crippen LogP contribution < -0.4 is 10.6 Å². The lowest BCUT2D eigenvalue weighted by molar-refractivity contribution is -0.137. The molecule has 3 rings (SSSR count). The molecule has 1 saturated carbocycles. The Bertz CT molecular complexity index is 790. The Morgan fingerprint density at radius 1 is 1.32 bits per heavy atom. The standard InChI is InChI=1S/C19H21F3N4O2/c20-19(21,22)12-4-3-5-13(10-12)24-17(27)11-16-18(28)25-14-6-1-2-7-15(14)26(16)9-8-23/h3-5,10,14-16H,1-2,6-7,9,11H2,(H,24,27)(H,25,28)/t14-,15-,16-/m1/s1. The SMILES string of the molecule is N#CCN1[C@H](CC(=O)Nc2cccc(C(F)(F)F)c2)C(=O)N[C@@H]2CCCC[C@H]21. The van der Waals surface area contributed by atoms with Gasteiger partial charge in [0.15, 0.2) is 0 Å². The second kappa shape index (κ2) is 8.19. The molecule has 0 aromatic heterocycles. The summed E-state index contributed by atoms with van der Waals surface area (Å²) < 4.78 is 38.5. The number of carbonyl (C=O) groups excluding carboxylic acids is 2. The highest BCUT2D eigenvalue weighted by atomic mass is 19.4. The zero-order valence-electron chi connectivity index (χ0n) is 15.1. The fraction of sp³-hybridized carbons (Fsp3) is 0.526. The van der Waals surface area contributed by atoms with Crippen molar-refractivity contribution in [3.8, 4) is 6.07 Å². The van der Waals surface area contributed by atoms with E-state index in [0.29, 0.717) is 0 Å². The smallest absolute Gasteiger partial charge is 0.350 e. The van der Waals surface area contributed by atoms with E-state index in [1.807, 2.05) is 0 Å². The molecule has 6 nitrogen and oxygen atoms in total. The third-order valence-electron chi connectivity index (χ3n) is 5.29. The van der Waals surface area contributed by atoms with Crippen molar-refractivity contribution in [3.05, 3.63) is 29.8 Å². The summed E-state index contributed by atoms with van der Waals surface area (Å²) in [4.78, 5) is 26.7. The number of anilines is 1. The van der Waals surface area contributed by atoms with Gasteiger partial charge >= 0.3 is 6.18 Å². The Labute approximate surface area is 160 Å². The maximum absolute atomic E-state index is 12.8. The topological polar surface area (TPSA) is 85.2 Å². The van der Waals surface area contributed by atoms with E-state index in [1.54, 1.807) is 4.90 Å². The van der Waals surface area contributed by atoms with E-state index in [-0.39, 0.29) is 36.6 Å². The van der Waals surface area contributed by atoms with E-state index >= 15 is 0 Å². The molecule has 2 amide bonds. The first kappa shape index (κ1) is 20.1. The minimum Gasteiger partial charge on any atom is -0.350 e. The van der Waals surface area contributed by atoms with Crippen LogP contribution in [0, 0.1) is 11.3 Å². The number of alkyl halides is 3. The lowest BCUT2D eigenvalue weighted by atomic mass is 9.85. The van der Waals surface area contributed by atoms with Crippen LogP contribution >= 0.6 is 0 Å². The van der Waals surface area contributed by atoms with Crippen molar-refractivity contribution in [2.75, 3.05) is 11.9 Å². The van der Waals surface area contributed by atoms with E-state index < -0.39 is 23.7 Å². The number of benzene rings is 1. The molecule has 0 radical (unpaired) electrons. The molecule has 0 unspecified atom stereocenters. The van der Waals surface area contributed by atoms with Crippen LogP contribution in [-0.4, -0.2) is 41.4 Å². The number of nitrogens with zero attached hydrogens (tertiary/aromatic N) is 2. The van der Waals surface area contributed by atoms with E-state index in [0.717, 1.165) is 37.8 Å². The second-order valence-electron chi connectivity index (χ2n) is 7.14. The van der Waals surface area contributed by atoms with Crippen LogP contribution in [0.15, 0.2) is 24.3 Å². The van der Waals surface area contributed by atoms with Gasteiger partial charge in [-0.2, -0.15) is 18.4 Å². The maximum atomic E-state index is 12.8. The van der Waals surface area contributed by atoms with E-state index in [1.165, 1.54) is 12.1 Å². The summed E-state index contributed by atoms with van der Waals surface area (Å²) in [5.74, 6) is -0.894. The Hall–Kier alpha value is -2.60. The molecule has 28 heavy (non-hydrogen) atoms. The van der Waals surface area contributed by atoms with Gasteiger partial charge in [-0.15, -0.1) is 0 Å². The Morgan fingerprint density at radius 3 is 2.79 bits per heavy atom. The molecule has 3 atom stereocenters. The number of fused-ring (bicyclic) bond motifs is 1. The first-order chi connectivity index (χ1) is 13.3. The van der Waals surface area contributed by atoms with E-state index in [2.05, 4.69) is 16.7 Å². The van der Waals surface area contributed by atoms with Gasteiger partial charge in [0.2, 0.25) is 11.8 Å². The van der Waals surface area contributed by atoms with Gasteiger partial charge in [0.25, 0.3) is 0 Å². The van der Waals surface area contributed by atoms with Gasteiger partial charge in [-0.05, 0) is 31.0 Å². The van der Waals surface area contributed by atoms with E-state index in [9.17, 15) is 22.8 Å². The molecule has 2 fully saturated rings. The largest absolute Gasteiger partial charge is 0.416 e. The lowest BCUT2D eigenvalue weighted by Crippen LogP contribution is -2.66. The summed E-state index contributed by atoms with van der Waals surface area (Å²) in [6.45, 7) is 0.0239. The van der Waals surface area contributed by atoms with E-state index in [4.69, 9.17) is 5.26 Å². The van der Waals surface area contributed by atoms with Crippen LogP contribution in [0.1, 0.15) is 37.7 Å². The first-order valence-electron chi connectivity index (χ1n) is 9.20. The monoisotopic (exact) mass is 394 g/mol. The second-order valence-corrected chi connectivity index (χ2v) is 7.14. The number of piperazine rings is 1. The molecule has 0 bridgehead atoms. The molecular formula is C19H21F3N4O2. The lowest BCUT2D eigenvalue weighted by Gasteiger charge is -2.47. The number of amides is 2. The van der Waals surface area contributed by atoms with Gasteiger partial charge in [0.1, 0.15) is 0 Å². The number of hydrogen-bond donors (Lipinski definition) is 2. The molecule has 1 aromatic rings. The van der Waals surface area contributed by atoms with Crippen molar-refractivity contribution in [1.29, 1.82) is 5.26 Å². The molecule has 1 aliphatic carbocycles. The van der Waals surface area contributed by atoms with Crippen LogP contribution in [0.4, 0.5) is 18.9 Å². The summed E-state index contributed by atoms with van der Waals surface area (Å²) in [6, 6.07) is 5.55. The van der Waals surface area contributed by atoms with Crippen LogP contribution in [0.5, 0.6) is 0 Å². The average molecular weight is 394 g/mol. The van der Waals surface area contributed by atoms with Gasteiger partial charge < -0.3 is 10.6 Å². The Balaban J connectivity index is 1.71. The number of hydrogen-bond acceptors (Lipinski definition) is 4. The third kappa shape index (κ3) is 4.44. The van der Waals surface area contributed by atoms with Crippen molar-refractivity contribution in [2.45, 2.75) is 56.4 Å². The van der Waals surface area contributed by atoms with Crippen LogP contribution in [0.3, 0.4) is 0 Å². The van der Waals surface area contributed by atoms with Crippen molar-refractivity contribution in [3.63, 3.8) is 0 Å². The van der Waals surface area contributed by atoms with Crippen molar-refractivity contribution in [2.24, 2.45) is 0 Å². The summed E-state index contributed by atoms with van der Waals surface area (Å²) in [5.41, 5.74) is -0.852. The summed E-state index contributed by atoms with van der Waals surface area (Å²) in [7, 11) is 0. The van der Waals surface area contributed by atoms with Crippen molar-refractivity contribution >= 4 is 17.5 Å². The molecule has 150 valence electrons. The molecule has 2 aliphatic rings. The predicted octanol–water partition coefficient (Wildman–Crippen LogP) is 2.67. The molecular weight excluding hydrogens is 373 g/mol. The van der Waals surface area contributed by atoms with Crippen molar-refractivity contribution in [1.82, 2.24) is 10.2 Å². The molecule has 1 heterocycles. The third-order valence-corrected chi connectivity index (χ3v) is 5.29. The highest BCUT2D eigenvalue weighted by Gasteiger charge is 2.43. The average Bonchev–Trinajstić information content (AvgIpc) is 2.64. The zero-order valence-corrected chi connectivity index (χ0v) is 15.1. The molecule has 1 aromatic carbocycles. The number of rotatable bonds is 4.